The molecule has 1 amide bonds. The number of aryl methyl sites for hydroxylation is 2. The van der Waals surface area contributed by atoms with Crippen LogP contribution in [0.4, 0.5) is 0 Å². The molecule has 0 saturated carbocycles. The summed E-state index contributed by atoms with van der Waals surface area (Å²) in [5.41, 5.74) is 3.45. The number of carbonyl (C=O) groups is 1. The van der Waals surface area contributed by atoms with Crippen molar-refractivity contribution in [2.24, 2.45) is 0 Å². The second-order valence-corrected chi connectivity index (χ2v) is 10.1. The number of hydrogen-bond donors (Lipinski definition) is 0. The first kappa shape index (κ1) is 24.0. The lowest BCUT2D eigenvalue weighted by atomic mass is 10.0. The van der Waals surface area contributed by atoms with Crippen molar-refractivity contribution >= 4 is 17.2 Å². The topological polar surface area (TPSA) is 23.6 Å². The van der Waals surface area contributed by atoms with E-state index in [-0.39, 0.29) is 5.91 Å². The fourth-order valence-corrected chi connectivity index (χ4v) is 5.44. The largest absolute Gasteiger partial charge is 0.333 e. The molecule has 0 spiro atoms. The number of thiophene rings is 1. The molecule has 2 heterocycles. The molecule has 1 aromatic carbocycles. The highest BCUT2D eigenvalue weighted by atomic mass is 32.1. The van der Waals surface area contributed by atoms with Gasteiger partial charge in [0.1, 0.15) is 0 Å². The minimum Gasteiger partial charge on any atom is -0.333 e. The van der Waals surface area contributed by atoms with Gasteiger partial charge >= 0.3 is 0 Å². The molecular formula is C27H40N2OS. The predicted molar refractivity (Wildman–Crippen MR) is 133 cm³/mol. The van der Waals surface area contributed by atoms with Crippen molar-refractivity contribution in [3.63, 3.8) is 0 Å². The third-order valence-corrected chi connectivity index (χ3v) is 7.68. The number of unbranched alkanes of at least 4 members (excludes halogenated alkanes) is 2. The van der Waals surface area contributed by atoms with E-state index in [1.165, 1.54) is 61.1 Å². The summed E-state index contributed by atoms with van der Waals surface area (Å²) in [6.45, 7) is 10.6. The van der Waals surface area contributed by atoms with Crippen molar-refractivity contribution < 1.29 is 4.79 Å². The zero-order chi connectivity index (χ0) is 22.1. The van der Waals surface area contributed by atoms with Gasteiger partial charge in [0.15, 0.2) is 0 Å². The third kappa shape index (κ3) is 7.18. The van der Waals surface area contributed by atoms with Crippen molar-refractivity contribution in [1.82, 2.24) is 9.80 Å². The fraction of sp³-hybridized carbons (Fsp3) is 0.593. The van der Waals surface area contributed by atoms with Gasteiger partial charge < -0.3 is 9.80 Å². The molecule has 1 fully saturated rings. The third-order valence-electron chi connectivity index (χ3n) is 6.67. The molecule has 0 aliphatic carbocycles. The maximum absolute atomic E-state index is 13.4. The lowest BCUT2D eigenvalue weighted by Gasteiger charge is -2.34. The maximum Gasteiger partial charge on any atom is 0.254 e. The van der Waals surface area contributed by atoms with Gasteiger partial charge in [-0.05, 0) is 87.2 Å². The van der Waals surface area contributed by atoms with Crippen LogP contribution >= 0.6 is 11.3 Å². The normalized spacial score (nSPS) is 17.1. The number of benzene rings is 1. The number of rotatable bonds is 11. The molecule has 1 atom stereocenters. The SMILES string of the molecule is CCCCCc1ccc(C(=O)N(CCCN2CCCCC2C)Cc2sccc2C)cc1. The van der Waals surface area contributed by atoms with Crippen LogP contribution in [0, 0.1) is 6.92 Å². The van der Waals surface area contributed by atoms with Crippen LogP contribution < -0.4 is 0 Å². The van der Waals surface area contributed by atoms with Crippen LogP contribution in [0.2, 0.25) is 0 Å². The molecule has 1 aliphatic heterocycles. The van der Waals surface area contributed by atoms with Gasteiger partial charge in [-0.15, -0.1) is 11.3 Å². The van der Waals surface area contributed by atoms with Crippen LogP contribution in [0.3, 0.4) is 0 Å². The van der Waals surface area contributed by atoms with E-state index in [0.717, 1.165) is 38.0 Å². The van der Waals surface area contributed by atoms with E-state index < -0.39 is 0 Å². The average molecular weight is 441 g/mol. The lowest BCUT2D eigenvalue weighted by Crippen LogP contribution is -2.40. The highest BCUT2D eigenvalue weighted by molar-refractivity contribution is 7.10. The first-order chi connectivity index (χ1) is 15.1. The van der Waals surface area contributed by atoms with Crippen LogP contribution in [0.25, 0.3) is 0 Å². The summed E-state index contributed by atoms with van der Waals surface area (Å²) >= 11 is 1.76. The van der Waals surface area contributed by atoms with E-state index in [9.17, 15) is 4.79 Å². The predicted octanol–water partition coefficient (Wildman–Crippen LogP) is 6.70. The monoisotopic (exact) mass is 440 g/mol. The zero-order valence-electron chi connectivity index (χ0n) is 19.7. The Hall–Kier alpha value is -1.65. The fourth-order valence-electron chi connectivity index (χ4n) is 4.52. The molecule has 3 nitrogen and oxygen atoms in total. The van der Waals surface area contributed by atoms with Crippen LogP contribution in [0.15, 0.2) is 35.7 Å². The second kappa shape index (κ2) is 12.4. The summed E-state index contributed by atoms with van der Waals surface area (Å²) in [5, 5.41) is 2.13. The lowest BCUT2D eigenvalue weighted by molar-refractivity contribution is 0.0728. The van der Waals surface area contributed by atoms with Gasteiger partial charge in [-0.1, -0.05) is 38.3 Å². The van der Waals surface area contributed by atoms with Crippen molar-refractivity contribution in [3.05, 3.63) is 57.3 Å². The molecule has 170 valence electrons. The van der Waals surface area contributed by atoms with Gasteiger partial charge in [0.2, 0.25) is 0 Å². The zero-order valence-corrected chi connectivity index (χ0v) is 20.6. The molecule has 1 aromatic heterocycles. The van der Waals surface area contributed by atoms with E-state index >= 15 is 0 Å². The van der Waals surface area contributed by atoms with E-state index in [0.29, 0.717) is 6.04 Å². The quantitative estimate of drug-likeness (QED) is 0.363. The Morgan fingerprint density at radius 3 is 2.61 bits per heavy atom. The molecule has 31 heavy (non-hydrogen) atoms. The van der Waals surface area contributed by atoms with Crippen molar-refractivity contribution in [2.75, 3.05) is 19.6 Å². The van der Waals surface area contributed by atoms with E-state index in [1.807, 2.05) is 12.1 Å². The molecule has 4 heteroatoms. The van der Waals surface area contributed by atoms with E-state index in [2.05, 4.69) is 54.2 Å². The van der Waals surface area contributed by atoms with Crippen molar-refractivity contribution in [2.45, 2.75) is 84.7 Å². The smallest absolute Gasteiger partial charge is 0.254 e. The van der Waals surface area contributed by atoms with Gasteiger partial charge in [-0.2, -0.15) is 0 Å². The summed E-state index contributed by atoms with van der Waals surface area (Å²) in [6.07, 6.45) is 9.85. The molecule has 1 aliphatic rings. The second-order valence-electron chi connectivity index (χ2n) is 9.14. The number of amides is 1. The van der Waals surface area contributed by atoms with Gasteiger partial charge in [-0.3, -0.25) is 4.79 Å². The van der Waals surface area contributed by atoms with E-state index in [1.54, 1.807) is 11.3 Å². The standard InChI is InChI=1S/C27H40N2OS/c1-4-5-6-11-24-12-14-25(15-13-24)27(30)29(21-26-22(2)16-20-31-26)19-9-18-28-17-8-7-10-23(28)3/h12-16,20,23H,4-11,17-19,21H2,1-3H3. The molecule has 0 N–H and O–H groups in total. The summed E-state index contributed by atoms with van der Waals surface area (Å²) in [7, 11) is 0. The molecule has 1 saturated heterocycles. The van der Waals surface area contributed by atoms with Crippen LogP contribution in [-0.4, -0.2) is 41.4 Å². The first-order valence-corrected chi connectivity index (χ1v) is 13.1. The Bertz CT molecular complexity index is 798. The summed E-state index contributed by atoms with van der Waals surface area (Å²) in [4.78, 5) is 19.4. The van der Waals surface area contributed by atoms with Gasteiger partial charge in [0, 0.05) is 29.6 Å². The van der Waals surface area contributed by atoms with Crippen LogP contribution in [-0.2, 0) is 13.0 Å². The minimum atomic E-state index is 0.166. The number of carbonyl (C=O) groups excluding carboxylic acids is 1. The van der Waals surface area contributed by atoms with Gasteiger partial charge in [0.25, 0.3) is 5.91 Å². The number of nitrogens with zero attached hydrogens (tertiary/aromatic N) is 2. The summed E-state index contributed by atoms with van der Waals surface area (Å²) in [6, 6.07) is 11.2. The summed E-state index contributed by atoms with van der Waals surface area (Å²) < 4.78 is 0. The summed E-state index contributed by atoms with van der Waals surface area (Å²) in [5.74, 6) is 0.166. The van der Waals surface area contributed by atoms with Crippen LogP contribution in [0.5, 0.6) is 0 Å². The minimum absolute atomic E-state index is 0.166. The maximum atomic E-state index is 13.4. The molecule has 0 radical (unpaired) electrons. The Labute approximate surface area is 193 Å². The molecule has 3 rings (SSSR count). The Balaban J connectivity index is 1.63. The van der Waals surface area contributed by atoms with Gasteiger partial charge in [-0.25, -0.2) is 0 Å². The van der Waals surface area contributed by atoms with Crippen LogP contribution in [0.1, 0.15) is 85.2 Å². The highest BCUT2D eigenvalue weighted by Gasteiger charge is 2.20. The average Bonchev–Trinajstić information content (AvgIpc) is 3.19. The highest BCUT2D eigenvalue weighted by Crippen LogP contribution is 2.21. The van der Waals surface area contributed by atoms with Gasteiger partial charge in [0.05, 0.1) is 6.54 Å². The molecule has 2 aromatic rings. The Morgan fingerprint density at radius 1 is 1.13 bits per heavy atom. The number of piperidine rings is 1. The molecule has 1 unspecified atom stereocenters. The number of hydrogen-bond acceptors (Lipinski definition) is 3. The van der Waals surface area contributed by atoms with Crippen molar-refractivity contribution in [1.29, 1.82) is 0 Å². The molecular weight excluding hydrogens is 400 g/mol. The van der Waals surface area contributed by atoms with Crippen molar-refractivity contribution in [3.8, 4) is 0 Å². The first-order valence-electron chi connectivity index (χ1n) is 12.2. The van der Waals surface area contributed by atoms with E-state index in [4.69, 9.17) is 0 Å². The molecule has 0 bridgehead atoms. The number of likely N-dealkylation sites (tertiary alicyclic amines) is 1. The Kier molecular flexibility index (Phi) is 9.60. The Morgan fingerprint density at radius 2 is 1.94 bits per heavy atom.